The Labute approximate surface area is 97.0 Å². The molecule has 0 radical (unpaired) electrons. The summed E-state index contributed by atoms with van der Waals surface area (Å²) in [6, 6.07) is 5.98. The maximum Gasteiger partial charge on any atom is 0.0747 e. The average molecular weight is 220 g/mol. The lowest BCUT2D eigenvalue weighted by atomic mass is 10.1. The van der Waals surface area contributed by atoms with Gasteiger partial charge in [0, 0.05) is 13.2 Å². The van der Waals surface area contributed by atoms with Crippen LogP contribution in [0.25, 0.3) is 0 Å². The van der Waals surface area contributed by atoms with Crippen LogP contribution in [-0.4, -0.2) is 19.3 Å². The predicted octanol–water partition coefficient (Wildman–Crippen LogP) is 2.56. The first kappa shape index (κ1) is 11.3. The highest BCUT2D eigenvalue weighted by Gasteiger charge is 2.14. The zero-order valence-corrected chi connectivity index (χ0v) is 9.83. The number of hydrogen-bond donors (Lipinski definition) is 2. The quantitative estimate of drug-likeness (QED) is 0.770. The number of hydrogen-bond acceptors (Lipinski definition) is 3. The van der Waals surface area contributed by atoms with Crippen LogP contribution in [0, 0.1) is 6.92 Å². The van der Waals surface area contributed by atoms with E-state index >= 15 is 0 Å². The molecule has 1 fully saturated rings. The monoisotopic (exact) mass is 220 g/mol. The van der Waals surface area contributed by atoms with Crippen LogP contribution in [-0.2, 0) is 4.74 Å². The molecule has 1 atom stereocenters. The molecule has 1 heterocycles. The topological polar surface area (TPSA) is 47.3 Å². The Hall–Kier alpha value is -1.22. The fraction of sp³-hybridized carbons (Fsp3) is 0.538. The van der Waals surface area contributed by atoms with Gasteiger partial charge in [-0.25, -0.2) is 0 Å². The highest BCUT2D eigenvalue weighted by Crippen LogP contribution is 2.23. The Balaban J connectivity index is 1.93. The van der Waals surface area contributed by atoms with Crippen LogP contribution in [0.4, 0.5) is 11.4 Å². The van der Waals surface area contributed by atoms with Crippen molar-refractivity contribution < 1.29 is 4.74 Å². The van der Waals surface area contributed by atoms with Crippen LogP contribution < -0.4 is 11.1 Å². The Kier molecular flexibility index (Phi) is 3.67. The van der Waals surface area contributed by atoms with E-state index in [1.54, 1.807) is 0 Å². The van der Waals surface area contributed by atoms with Crippen molar-refractivity contribution in [2.45, 2.75) is 32.3 Å². The first-order chi connectivity index (χ1) is 7.77. The summed E-state index contributed by atoms with van der Waals surface area (Å²) < 4.78 is 5.68. The van der Waals surface area contributed by atoms with Crippen molar-refractivity contribution in [3.63, 3.8) is 0 Å². The van der Waals surface area contributed by atoms with E-state index in [2.05, 4.69) is 18.3 Å². The highest BCUT2D eigenvalue weighted by molar-refractivity contribution is 5.69. The van der Waals surface area contributed by atoms with Gasteiger partial charge in [0.25, 0.3) is 0 Å². The van der Waals surface area contributed by atoms with Crippen LogP contribution in [0.5, 0.6) is 0 Å². The standard InChI is InChI=1S/C13H20N2O/c1-10-5-4-7-12(14)13(10)15-9-11-6-2-3-8-16-11/h4-5,7,11,15H,2-3,6,8-9,14H2,1H3. The summed E-state index contributed by atoms with van der Waals surface area (Å²) >= 11 is 0. The Bertz CT molecular complexity index is 326. The molecule has 1 aromatic carbocycles. The molecule has 2 rings (SSSR count). The lowest BCUT2D eigenvalue weighted by molar-refractivity contribution is 0.0247. The van der Waals surface area contributed by atoms with Crippen molar-refractivity contribution in [2.24, 2.45) is 0 Å². The second-order valence-corrected chi connectivity index (χ2v) is 4.41. The molecular weight excluding hydrogens is 200 g/mol. The van der Waals surface area contributed by atoms with E-state index in [0.717, 1.165) is 30.9 Å². The van der Waals surface area contributed by atoms with Gasteiger partial charge < -0.3 is 15.8 Å². The number of rotatable bonds is 3. The van der Waals surface area contributed by atoms with E-state index in [0.29, 0.717) is 6.10 Å². The van der Waals surface area contributed by atoms with Crippen molar-refractivity contribution in [3.8, 4) is 0 Å². The summed E-state index contributed by atoms with van der Waals surface area (Å²) in [6.07, 6.45) is 3.96. The van der Waals surface area contributed by atoms with Gasteiger partial charge in [0.2, 0.25) is 0 Å². The molecule has 0 saturated carbocycles. The van der Waals surface area contributed by atoms with Gasteiger partial charge in [-0.1, -0.05) is 12.1 Å². The third kappa shape index (κ3) is 2.67. The fourth-order valence-corrected chi connectivity index (χ4v) is 2.12. The molecule has 0 aliphatic carbocycles. The van der Waals surface area contributed by atoms with E-state index in [9.17, 15) is 0 Å². The molecular formula is C13H20N2O. The predicted molar refractivity (Wildman–Crippen MR) is 67.7 cm³/mol. The van der Waals surface area contributed by atoms with Gasteiger partial charge in [-0.05, 0) is 37.8 Å². The number of nitrogens with one attached hydrogen (secondary N) is 1. The van der Waals surface area contributed by atoms with Gasteiger partial charge in [0.15, 0.2) is 0 Å². The number of benzene rings is 1. The lowest BCUT2D eigenvalue weighted by Gasteiger charge is -2.24. The Morgan fingerprint density at radius 3 is 3.00 bits per heavy atom. The van der Waals surface area contributed by atoms with Crippen molar-refractivity contribution >= 4 is 11.4 Å². The minimum Gasteiger partial charge on any atom is -0.397 e. The van der Waals surface area contributed by atoms with E-state index in [1.165, 1.54) is 18.4 Å². The second-order valence-electron chi connectivity index (χ2n) is 4.41. The molecule has 88 valence electrons. The maximum absolute atomic E-state index is 5.93. The zero-order chi connectivity index (χ0) is 11.4. The summed E-state index contributed by atoms with van der Waals surface area (Å²) in [4.78, 5) is 0. The van der Waals surface area contributed by atoms with Gasteiger partial charge in [0.05, 0.1) is 17.5 Å². The third-order valence-corrected chi connectivity index (χ3v) is 3.09. The SMILES string of the molecule is Cc1cccc(N)c1NCC1CCCCO1. The summed E-state index contributed by atoms with van der Waals surface area (Å²) in [5, 5.41) is 3.40. The van der Waals surface area contributed by atoms with Crippen LogP contribution in [0.3, 0.4) is 0 Å². The molecule has 1 saturated heterocycles. The molecule has 16 heavy (non-hydrogen) atoms. The molecule has 1 aromatic rings. The number of aryl methyl sites for hydroxylation is 1. The van der Waals surface area contributed by atoms with Crippen molar-refractivity contribution in [3.05, 3.63) is 23.8 Å². The summed E-state index contributed by atoms with van der Waals surface area (Å²) in [5.74, 6) is 0. The molecule has 3 N–H and O–H groups in total. The number of para-hydroxylation sites is 1. The summed E-state index contributed by atoms with van der Waals surface area (Å²) in [5.41, 5.74) is 8.99. The number of anilines is 2. The number of ether oxygens (including phenoxy) is 1. The minimum atomic E-state index is 0.341. The average Bonchev–Trinajstić information content (AvgIpc) is 2.30. The molecule has 0 spiro atoms. The van der Waals surface area contributed by atoms with Gasteiger partial charge in [-0.3, -0.25) is 0 Å². The van der Waals surface area contributed by atoms with Crippen molar-refractivity contribution in [1.82, 2.24) is 0 Å². The van der Waals surface area contributed by atoms with Gasteiger partial charge in [-0.2, -0.15) is 0 Å². The molecule has 0 amide bonds. The van der Waals surface area contributed by atoms with Crippen LogP contribution in [0.1, 0.15) is 24.8 Å². The van der Waals surface area contributed by atoms with Gasteiger partial charge in [-0.15, -0.1) is 0 Å². The van der Waals surface area contributed by atoms with Gasteiger partial charge >= 0.3 is 0 Å². The van der Waals surface area contributed by atoms with Crippen molar-refractivity contribution in [1.29, 1.82) is 0 Å². The molecule has 1 aliphatic heterocycles. The summed E-state index contributed by atoms with van der Waals surface area (Å²) in [6.45, 7) is 3.82. The van der Waals surface area contributed by atoms with E-state index in [-0.39, 0.29) is 0 Å². The normalized spacial score (nSPS) is 20.7. The molecule has 3 heteroatoms. The lowest BCUT2D eigenvalue weighted by Crippen LogP contribution is -2.27. The largest absolute Gasteiger partial charge is 0.397 e. The molecule has 1 unspecified atom stereocenters. The molecule has 0 aromatic heterocycles. The van der Waals surface area contributed by atoms with E-state index < -0.39 is 0 Å². The minimum absolute atomic E-state index is 0.341. The third-order valence-electron chi connectivity index (χ3n) is 3.09. The molecule has 0 bridgehead atoms. The van der Waals surface area contributed by atoms with Crippen LogP contribution in [0.2, 0.25) is 0 Å². The maximum atomic E-state index is 5.93. The Morgan fingerprint density at radius 1 is 1.44 bits per heavy atom. The second kappa shape index (κ2) is 5.21. The highest BCUT2D eigenvalue weighted by atomic mass is 16.5. The number of nitrogen functional groups attached to an aromatic ring is 1. The fourth-order valence-electron chi connectivity index (χ4n) is 2.12. The smallest absolute Gasteiger partial charge is 0.0747 e. The molecule has 1 aliphatic rings. The first-order valence-electron chi connectivity index (χ1n) is 5.98. The first-order valence-corrected chi connectivity index (χ1v) is 5.98. The molecule has 3 nitrogen and oxygen atoms in total. The number of nitrogens with two attached hydrogens (primary N) is 1. The van der Waals surface area contributed by atoms with Gasteiger partial charge in [0.1, 0.15) is 0 Å². The van der Waals surface area contributed by atoms with E-state index in [4.69, 9.17) is 10.5 Å². The van der Waals surface area contributed by atoms with E-state index in [1.807, 2.05) is 12.1 Å². The Morgan fingerprint density at radius 2 is 2.31 bits per heavy atom. The zero-order valence-electron chi connectivity index (χ0n) is 9.83. The van der Waals surface area contributed by atoms with Crippen LogP contribution >= 0.6 is 0 Å². The summed E-state index contributed by atoms with van der Waals surface area (Å²) in [7, 11) is 0. The van der Waals surface area contributed by atoms with Crippen molar-refractivity contribution in [2.75, 3.05) is 24.2 Å². The van der Waals surface area contributed by atoms with Crippen LogP contribution in [0.15, 0.2) is 18.2 Å².